The first-order chi connectivity index (χ1) is 10.1. The summed E-state index contributed by atoms with van der Waals surface area (Å²) in [6.07, 6.45) is -4.48. The Balaban J connectivity index is 2.49. The van der Waals surface area contributed by atoms with Crippen LogP contribution in [0.25, 0.3) is 0 Å². The van der Waals surface area contributed by atoms with Crippen LogP contribution in [-0.4, -0.2) is 31.2 Å². The Morgan fingerprint density at radius 1 is 1.14 bits per heavy atom. The van der Waals surface area contributed by atoms with Gasteiger partial charge in [0.15, 0.2) is 0 Å². The van der Waals surface area contributed by atoms with Crippen molar-refractivity contribution < 1.29 is 22.8 Å². The average Bonchev–Trinajstić information content (AvgIpc) is 2.37. The van der Waals surface area contributed by atoms with E-state index in [0.717, 1.165) is 15.6 Å². The van der Waals surface area contributed by atoms with E-state index in [1.165, 1.54) is 0 Å². The van der Waals surface area contributed by atoms with Gasteiger partial charge in [-0.3, -0.25) is 4.79 Å². The number of nitrogens with one attached hydrogen (secondary N) is 3. The third kappa shape index (κ3) is 6.33. The summed E-state index contributed by atoms with van der Waals surface area (Å²) in [4.78, 5) is 22.8. The minimum Gasteiger partial charge on any atom is -0.345 e. The second kappa shape index (κ2) is 7.48. The molecule has 0 aliphatic heterocycles. The van der Waals surface area contributed by atoms with Crippen LogP contribution in [-0.2, 0) is 4.79 Å². The lowest BCUT2D eigenvalue weighted by atomic mass is 10.1. The lowest BCUT2D eigenvalue weighted by molar-refractivity contribution is -0.137. The van der Waals surface area contributed by atoms with Crippen molar-refractivity contribution in [1.29, 1.82) is 0 Å². The van der Waals surface area contributed by atoms with Gasteiger partial charge in [-0.1, -0.05) is 15.9 Å². The molecule has 0 radical (unpaired) electrons. The number of hydrogen-bond acceptors (Lipinski definition) is 2. The van der Waals surface area contributed by atoms with Crippen LogP contribution in [0.2, 0.25) is 0 Å². The zero-order valence-corrected chi connectivity index (χ0v) is 13.5. The van der Waals surface area contributed by atoms with Gasteiger partial charge in [-0.25, -0.2) is 4.79 Å². The quantitative estimate of drug-likeness (QED) is 0.750. The zero-order valence-electron chi connectivity index (χ0n) is 11.9. The Kier molecular flexibility index (Phi) is 6.21. The molecule has 0 aliphatic rings. The van der Waals surface area contributed by atoms with Crippen LogP contribution in [0.5, 0.6) is 0 Å². The lowest BCUT2D eigenvalue weighted by Crippen LogP contribution is -2.42. The van der Waals surface area contributed by atoms with E-state index in [-0.39, 0.29) is 0 Å². The minimum absolute atomic E-state index is 0.545. The maximum atomic E-state index is 11.9. The van der Waals surface area contributed by atoms with Crippen molar-refractivity contribution in [2.45, 2.75) is 20.0 Å². The first-order valence-electron chi connectivity index (χ1n) is 6.23. The second-order valence-corrected chi connectivity index (χ2v) is 5.53. The number of anilines is 1. The van der Waals surface area contributed by atoms with E-state index in [1.807, 2.05) is 0 Å². The number of amides is 3. The largest absolute Gasteiger partial charge is 0.405 e. The fourth-order valence-corrected chi connectivity index (χ4v) is 2.37. The summed E-state index contributed by atoms with van der Waals surface area (Å²) in [7, 11) is 0. The van der Waals surface area contributed by atoms with E-state index in [9.17, 15) is 22.8 Å². The predicted molar refractivity (Wildman–Crippen MR) is 79.7 cm³/mol. The molecule has 3 N–H and O–H groups in total. The van der Waals surface area contributed by atoms with Crippen LogP contribution in [0, 0.1) is 13.8 Å². The molecule has 122 valence electrons. The summed E-state index contributed by atoms with van der Waals surface area (Å²) in [6.45, 7) is 1.61. The van der Waals surface area contributed by atoms with Crippen molar-refractivity contribution in [1.82, 2.24) is 10.6 Å². The van der Waals surface area contributed by atoms with Gasteiger partial charge in [0.2, 0.25) is 5.91 Å². The van der Waals surface area contributed by atoms with Gasteiger partial charge in [-0.05, 0) is 37.1 Å². The fourth-order valence-electron chi connectivity index (χ4n) is 1.69. The number of hydrogen-bond donors (Lipinski definition) is 3. The third-order valence-corrected chi connectivity index (χ3v) is 3.09. The number of rotatable bonds is 4. The number of alkyl halides is 3. The van der Waals surface area contributed by atoms with Gasteiger partial charge in [0.25, 0.3) is 0 Å². The molecule has 0 saturated carbocycles. The van der Waals surface area contributed by atoms with Crippen molar-refractivity contribution in [2.24, 2.45) is 0 Å². The summed E-state index contributed by atoms with van der Waals surface area (Å²) in [6, 6.07) is 2.94. The van der Waals surface area contributed by atoms with Crippen molar-refractivity contribution in [2.75, 3.05) is 18.4 Å². The molecule has 5 nitrogen and oxygen atoms in total. The highest BCUT2D eigenvalue weighted by molar-refractivity contribution is 9.10. The molecule has 22 heavy (non-hydrogen) atoms. The molecular formula is C13H15BrF3N3O2. The standard InChI is InChI=1S/C13H15BrF3N3O2/c1-7-3-9(14)4-8(2)11(7)20-12(22)18-5-10(21)19-6-13(15,16)17/h3-4H,5-6H2,1-2H3,(H,19,21)(H2,18,20,22). The minimum atomic E-state index is -4.48. The smallest absolute Gasteiger partial charge is 0.345 e. The average molecular weight is 382 g/mol. The Bertz CT molecular complexity index is 553. The lowest BCUT2D eigenvalue weighted by Gasteiger charge is -2.13. The van der Waals surface area contributed by atoms with Gasteiger partial charge in [-0.2, -0.15) is 13.2 Å². The number of halogens is 4. The van der Waals surface area contributed by atoms with Crippen molar-refractivity contribution in [3.63, 3.8) is 0 Å². The van der Waals surface area contributed by atoms with Gasteiger partial charge in [-0.15, -0.1) is 0 Å². The van der Waals surface area contributed by atoms with Crippen LogP contribution in [0.1, 0.15) is 11.1 Å². The molecule has 0 heterocycles. The van der Waals surface area contributed by atoms with E-state index in [2.05, 4.69) is 26.6 Å². The highest BCUT2D eigenvalue weighted by Gasteiger charge is 2.27. The molecule has 1 aromatic carbocycles. The normalized spacial score (nSPS) is 11.0. The second-order valence-electron chi connectivity index (χ2n) is 4.61. The van der Waals surface area contributed by atoms with E-state index in [4.69, 9.17) is 0 Å². The topological polar surface area (TPSA) is 70.2 Å². The van der Waals surface area contributed by atoms with Crippen molar-refractivity contribution >= 4 is 33.6 Å². The zero-order chi connectivity index (χ0) is 16.9. The number of benzene rings is 1. The van der Waals surface area contributed by atoms with E-state index in [1.54, 1.807) is 31.3 Å². The summed E-state index contributed by atoms with van der Waals surface area (Å²) in [5, 5.41) is 6.41. The van der Waals surface area contributed by atoms with E-state index >= 15 is 0 Å². The monoisotopic (exact) mass is 381 g/mol. The molecule has 0 aromatic heterocycles. The summed E-state index contributed by atoms with van der Waals surface area (Å²) in [5.41, 5.74) is 2.20. The Morgan fingerprint density at radius 2 is 1.68 bits per heavy atom. The van der Waals surface area contributed by atoms with Gasteiger partial charge < -0.3 is 16.0 Å². The molecule has 0 bridgehead atoms. The Labute approximate surface area is 133 Å². The molecule has 0 atom stereocenters. The maximum Gasteiger partial charge on any atom is 0.405 e. The van der Waals surface area contributed by atoms with Gasteiger partial charge in [0.05, 0.1) is 6.54 Å². The first-order valence-corrected chi connectivity index (χ1v) is 7.03. The van der Waals surface area contributed by atoms with Crippen LogP contribution >= 0.6 is 15.9 Å². The fraction of sp³-hybridized carbons (Fsp3) is 0.385. The molecular weight excluding hydrogens is 367 g/mol. The SMILES string of the molecule is Cc1cc(Br)cc(C)c1NC(=O)NCC(=O)NCC(F)(F)F. The molecule has 0 saturated heterocycles. The molecule has 3 amide bonds. The van der Waals surface area contributed by atoms with E-state index < -0.39 is 31.2 Å². The molecule has 1 aromatic rings. The summed E-state index contributed by atoms with van der Waals surface area (Å²) >= 11 is 3.32. The summed E-state index contributed by atoms with van der Waals surface area (Å²) in [5.74, 6) is -0.920. The Morgan fingerprint density at radius 3 is 2.18 bits per heavy atom. The van der Waals surface area contributed by atoms with Crippen LogP contribution in [0.4, 0.5) is 23.7 Å². The molecule has 0 fully saturated rings. The van der Waals surface area contributed by atoms with Crippen LogP contribution in [0.3, 0.4) is 0 Å². The first kappa shape index (κ1) is 18.3. The van der Waals surface area contributed by atoms with Gasteiger partial charge in [0.1, 0.15) is 6.54 Å². The highest BCUT2D eigenvalue weighted by Crippen LogP contribution is 2.24. The molecule has 1 rings (SSSR count). The number of aryl methyl sites for hydroxylation is 2. The molecule has 0 aliphatic carbocycles. The number of carbonyl (C=O) groups is 2. The predicted octanol–water partition coefficient (Wildman–Crippen LogP) is 2.87. The molecule has 0 unspecified atom stereocenters. The summed E-state index contributed by atoms with van der Waals surface area (Å²) < 4.78 is 36.6. The van der Waals surface area contributed by atoms with Crippen LogP contribution < -0.4 is 16.0 Å². The Hall–Kier alpha value is -1.77. The molecule has 0 spiro atoms. The van der Waals surface area contributed by atoms with E-state index in [0.29, 0.717) is 5.69 Å². The van der Waals surface area contributed by atoms with Crippen molar-refractivity contribution in [3.8, 4) is 0 Å². The number of urea groups is 1. The number of carbonyl (C=O) groups excluding carboxylic acids is 2. The molecule has 9 heteroatoms. The maximum absolute atomic E-state index is 11.9. The van der Waals surface area contributed by atoms with Gasteiger partial charge >= 0.3 is 12.2 Å². The van der Waals surface area contributed by atoms with Gasteiger partial charge in [0, 0.05) is 10.2 Å². The highest BCUT2D eigenvalue weighted by atomic mass is 79.9. The van der Waals surface area contributed by atoms with Crippen molar-refractivity contribution in [3.05, 3.63) is 27.7 Å². The third-order valence-electron chi connectivity index (χ3n) is 2.63. The van der Waals surface area contributed by atoms with Crippen LogP contribution in [0.15, 0.2) is 16.6 Å².